The highest BCUT2D eigenvalue weighted by molar-refractivity contribution is 6.06. The summed E-state index contributed by atoms with van der Waals surface area (Å²) in [5.74, 6) is 1.31. The molecule has 2 N–H and O–H groups in total. The van der Waals surface area contributed by atoms with Crippen molar-refractivity contribution >= 4 is 17.4 Å². The van der Waals surface area contributed by atoms with E-state index in [9.17, 15) is 4.79 Å². The molecular formula is C30H37N7O. The lowest BCUT2D eigenvalue weighted by atomic mass is 9.88. The highest BCUT2D eigenvalue weighted by atomic mass is 16.1. The number of carbonyl (C=O) groups is 1. The Labute approximate surface area is 224 Å². The molecule has 0 radical (unpaired) electrons. The summed E-state index contributed by atoms with van der Waals surface area (Å²) in [5, 5.41) is 11.3. The largest absolute Gasteiger partial charge is 0.348 e. The molecule has 2 aromatic heterocycles. The Kier molecular flexibility index (Phi) is 5.60. The molecule has 1 amide bonds. The molecule has 1 aromatic carbocycles. The Morgan fingerprint density at radius 3 is 2.71 bits per heavy atom. The fourth-order valence-electron chi connectivity index (χ4n) is 6.74. The van der Waals surface area contributed by atoms with Crippen molar-refractivity contribution in [3.05, 3.63) is 58.5 Å². The van der Waals surface area contributed by atoms with Gasteiger partial charge in [0.05, 0.1) is 23.1 Å². The molecule has 4 aliphatic rings. The number of anilines is 2. The third kappa shape index (κ3) is 4.10. The third-order valence-corrected chi connectivity index (χ3v) is 9.09. The minimum atomic E-state index is -0.0247. The Morgan fingerprint density at radius 1 is 1.13 bits per heavy atom. The van der Waals surface area contributed by atoms with Crippen LogP contribution >= 0.6 is 0 Å². The van der Waals surface area contributed by atoms with Crippen LogP contribution in [0.2, 0.25) is 0 Å². The molecule has 0 unspecified atom stereocenters. The fourth-order valence-corrected chi connectivity index (χ4v) is 6.74. The van der Waals surface area contributed by atoms with E-state index in [0.29, 0.717) is 17.9 Å². The molecule has 5 heterocycles. The van der Waals surface area contributed by atoms with E-state index in [-0.39, 0.29) is 5.91 Å². The van der Waals surface area contributed by atoms with Gasteiger partial charge >= 0.3 is 0 Å². The Bertz CT molecular complexity index is 1410. The van der Waals surface area contributed by atoms with E-state index in [1.54, 1.807) is 0 Å². The average Bonchev–Trinajstić information content (AvgIpc) is 3.16. The van der Waals surface area contributed by atoms with Crippen molar-refractivity contribution in [2.45, 2.75) is 57.7 Å². The molecule has 3 aromatic rings. The van der Waals surface area contributed by atoms with Gasteiger partial charge in [0.25, 0.3) is 5.91 Å². The van der Waals surface area contributed by atoms with Crippen molar-refractivity contribution in [1.82, 2.24) is 29.9 Å². The first-order valence-corrected chi connectivity index (χ1v) is 14.0. The van der Waals surface area contributed by atoms with Gasteiger partial charge in [-0.2, -0.15) is 5.10 Å². The van der Waals surface area contributed by atoms with Crippen LogP contribution in [0.3, 0.4) is 0 Å². The number of fused-ring (bicyclic) bond motifs is 2. The maximum Gasteiger partial charge on any atom is 0.254 e. The fraction of sp³-hybridized carbons (Fsp3) is 0.500. The number of hydrogen-bond donors (Lipinski definition) is 2. The SMILES string of the molecule is CN(C)Cc1nc(Nc2ccc(-c3cnn4c3CC3(CC3)C4)c3c2C(=O)NC3)ccc1C1CCN(C)CC1. The molecule has 8 heteroatoms. The third-order valence-electron chi connectivity index (χ3n) is 9.09. The molecule has 1 spiro atoms. The van der Waals surface area contributed by atoms with Crippen molar-refractivity contribution < 1.29 is 4.79 Å². The minimum absolute atomic E-state index is 0.0247. The summed E-state index contributed by atoms with van der Waals surface area (Å²) in [4.78, 5) is 22.7. The lowest BCUT2D eigenvalue weighted by molar-refractivity contribution is 0.0966. The molecule has 1 aliphatic carbocycles. The number of carbonyl (C=O) groups excluding carboxylic acids is 1. The maximum atomic E-state index is 13.0. The zero-order valence-corrected chi connectivity index (χ0v) is 22.7. The summed E-state index contributed by atoms with van der Waals surface area (Å²) in [7, 11) is 6.38. The van der Waals surface area contributed by atoms with Gasteiger partial charge in [0.15, 0.2) is 0 Å². The zero-order valence-electron chi connectivity index (χ0n) is 22.7. The van der Waals surface area contributed by atoms with Gasteiger partial charge in [-0.3, -0.25) is 9.48 Å². The summed E-state index contributed by atoms with van der Waals surface area (Å²) in [6.45, 7) is 4.63. The summed E-state index contributed by atoms with van der Waals surface area (Å²) in [6, 6.07) is 8.54. The number of hydrogen-bond acceptors (Lipinski definition) is 6. The van der Waals surface area contributed by atoms with Crippen molar-refractivity contribution in [2.24, 2.45) is 5.41 Å². The number of pyridine rings is 1. The van der Waals surface area contributed by atoms with Gasteiger partial charge < -0.3 is 20.4 Å². The number of piperidine rings is 1. The first kappa shape index (κ1) is 23.9. The Hall–Kier alpha value is -3.23. The van der Waals surface area contributed by atoms with Crippen LogP contribution in [0.5, 0.6) is 0 Å². The van der Waals surface area contributed by atoms with E-state index in [4.69, 9.17) is 10.1 Å². The molecule has 3 aliphatic heterocycles. The standard InChI is InChI=1S/C30H37N7O/c1-35(2)17-25-20(19-8-12-36(3)13-9-19)5-7-27(34-25)33-24-6-4-21(23-15-31-29(38)28(23)24)22-16-32-37-18-30(10-11-30)14-26(22)37/h4-7,16,19H,8-15,17-18H2,1-3H3,(H,31,38)(H,33,34). The minimum Gasteiger partial charge on any atom is -0.348 e. The van der Waals surface area contributed by atoms with Gasteiger partial charge in [0.2, 0.25) is 0 Å². The molecule has 1 saturated heterocycles. The quantitative estimate of drug-likeness (QED) is 0.518. The number of likely N-dealkylation sites (tertiary alicyclic amines) is 1. The van der Waals surface area contributed by atoms with Crippen LogP contribution in [0.15, 0.2) is 30.5 Å². The number of aromatic nitrogens is 3. The number of rotatable bonds is 6. The van der Waals surface area contributed by atoms with E-state index in [0.717, 1.165) is 66.5 Å². The van der Waals surface area contributed by atoms with Gasteiger partial charge in [-0.05, 0) is 106 Å². The van der Waals surface area contributed by atoms with Crippen molar-refractivity contribution in [1.29, 1.82) is 0 Å². The predicted molar refractivity (Wildman–Crippen MR) is 149 cm³/mol. The molecule has 1 saturated carbocycles. The van der Waals surface area contributed by atoms with Gasteiger partial charge in [-0.15, -0.1) is 0 Å². The molecule has 7 rings (SSSR count). The van der Waals surface area contributed by atoms with Crippen LogP contribution in [-0.4, -0.2) is 64.7 Å². The van der Waals surface area contributed by atoms with Crippen molar-refractivity contribution in [3.63, 3.8) is 0 Å². The van der Waals surface area contributed by atoms with Crippen LogP contribution in [0.1, 0.15) is 64.5 Å². The van der Waals surface area contributed by atoms with Gasteiger partial charge in [0, 0.05) is 30.9 Å². The second-order valence-corrected chi connectivity index (χ2v) is 12.2. The van der Waals surface area contributed by atoms with Crippen LogP contribution in [0.4, 0.5) is 11.5 Å². The number of amides is 1. The average molecular weight is 512 g/mol. The topological polar surface area (TPSA) is 78.3 Å². The zero-order chi connectivity index (χ0) is 26.0. The van der Waals surface area contributed by atoms with E-state index >= 15 is 0 Å². The van der Waals surface area contributed by atoms with E-state index in [1.165, 1.54) is 42.5 Å². The monoisotopic (exact) mass is 511 g/mol. The summed E-state index contributed by atoms with van der Waals surface area (Å²) in [6.07, 6.45) is 8.03. The summed E-state index contributed by atoms with van der Waals surface area (Å²) < 4.78 is 2.19. The van der Waals surface area contributed by atoms with Crippen LogP contribution in [-0.2, 0) is 26.1 Å². The highest BCUT2D eigenvalue weighted by Gasteiger charge is 2.49. The molecular weight excluding hydrogens is 474 g/mol. The summed E-state index contributed by atoms with van der Waals surface area (Å²) >= 11 is 0. The molecule has 0 bridgehead atoms. The van der Waals surface area contributed by atoms with E-state index in [2.05, 4.69) is 64.5 Å². The molecule has 38 heavy (non-hydrogen) atoms. The van der Waals surface area contributed by atoms with E-state index < -0.39 is 0 Å². The Balaban J connectivity index is 1.21. The van der Waals surface area contributed by atoms with Gasteiger partial charge in [-0.1, -0.05) is 12.1 Å². The molecule has 2 fully saturated rings. The lowest BCUT2D eigenvalue weighted by Crippen LogP contribution is -2.30. The first-order chi connectivity index (χ1) is 18.4. The van der Waals surface area contributed by atoms with Gasteiger partial charge in [0.1, 0.15) is 5.82 Å². The van der Waals surface area contributed by atoms with Crippen LogP contribution in [0.25, 0.3) is 11.1 Å². The smallest absolute Gasteiger partial charge is 0.254 e. The molecule has 198 valence electrons. The molecule has 0 atom stereocenters. The molecule has 8 nitrogen and oxygen atoms in total. The van der Waals surface area contributed by atoms with Crippen LogP contribution in [0, 0.1) is 5.41 Å². The number of benzene rings is 1. The van der Waals surface area contributed by atoms with E-state index in [1.807, 2.05) is 12.3 Å². The number of nitrogens with zero attached hydrogens (tertiary/aromatic N) is 5. The Morgan fingerprint density at radius 2 is 1.95 bits per heavy atom. The summed E-state index contributed by atoms with van der Waals surface area (Å²) in [5.41, 5.74) is 9.17. The normalized spacial score (nSPS) is 20.2. The van der Waals surface area contributed by atoms with Crippen LogP contribution < -0.4 is 10.6 Å². The first-order valence-electron chi connectivity index (χ1n) is 14.0. The maximum absolute atomic E-state index is 13.0. The predicted octanol–water partition coefficient (Wildman–Crippen LogP) is 4.14. The second kappa shape index (κ2) is 8.92. The second-order valence-electron chi connectivity index (χ2n) is 12.2. The van der Waals surface area contributed by atoms with Gasteiger partial charge in [-0.25, -0.2) is 4.98 Å². The number of nitrogens with one attached hydrogen (secondary N) is 2. The highest BCUT2D eigenvalue weighted by Crippen LogP contribution is 2.54. The van der Waals surface area contributed by atoms with Crippen molar-refractivity contribution in [2.75, 3.05) is 39.5 Å². The lowest BCUT2D eigenvalue weighted by Gasteiger charge is -2.30. The van der Waals surface area contributed by atoms with Crippen molar-refractivity contribution in [3.8, 4) is 11.1 Å².